The van der Waals surface area contributed by atoms with Crippen LogP contribution in [-0.4, -0.2) is 5.11 Å². The third-order valence-corrected chi connectivity index (χ3v) is 2.09. The van der Waals surface area contributed by atoms with Crippen molar-refractivity contribution in [2.45, 2.75) is 6.43 Å². The average molecular weight is 241 g/mol. The first-order valence-electron chi connectivity index (χ1n) is 2.99. The van der Waals surface area contributed by atoms with E-state index in [2.05, 4.69) is 15.9 Å². The summed E-state index contributed by atoms with van der Waals surface area (Å²) in [7, 11) is 0. The van der Waals surface area contributed by atoms with Gasteiger partial charge in [-0.2, -0.15) is 0 Å². The zero-order valence-electron chi connectivity index (χ0n) is 5.69. The molecular weight excluding hydrogens is 237 g/mol. The van der Waals surface area contributed by atoms with E-state index in [1.54, 1.807) is 0 Å². The largest absolute Gasteiger partial charge is 0.506 e. The lowest BCUT2D eigenvalue weighted by molar-refractivity contribution is 0.147. The molecule has 1 rings (SSSR count). The molecule has 0 saturated carbocycles. The van der Waals surface area contributed by atoms with Gasteiger partial charge in [0.05, 0.1) is 10.0 Å². The molecule has 0 heterocycles. The highest BCUT2D eigenvalue weighted by molar-refractivity contribution is 9.10. The molecule has 1 aromatic rings. The van der Waals surface area contributed by atoms with Gasteiger partial charge in [-0.15, -0.1) is 0 Å². The predicted octanol–water partition coefficient (Wildman–Crippen LogP) is 3.23. The molecule has 0 radical (unpaired) electrons. The maximum Gasteiger partial charge on any atom is 0.267 e. The van der Waals surface area contributed by atoms with Crippen molar-refractivity contribution in [3.05, 3.63) is 28.0 Å². The Morgan fingerprint density at radius 3 is 2.42 bits per heavy atom. The summed E-state index contributed by atoms with van der Waals surface area (Å²) in [5, 5.41) is 8.98. The van der Waals surface area contributed by atoms with E-state index in [-0.39, 0.29) is 4.47 Å². The topological polar surface area (TPSA) is 20.2 Å². The second-order valence-electron chi connectivity index (χ2n) is 2.10. The van der Waals surface area contributed by atoms with E-state index in [4.69, 9.17) is 5.11 Å². The summed E-state index contributed by atoms with van der Waals surface area (Å²) in [6, 6.07) is 1.71. The summed E-state index contributed by atoms with van der Waals surface area (Å²) >= 11 is 2.64. The lowest BCUT2D eigenvalue weighted by atomic mass is 10.2. The Balaban J connectivity index is 3.27. The highest BCUT2D eigenvalue weighted by atomic mass is 79.9. The fourth-order valence-corrected chi connectivity index (χ4v) is 1.09. The Kier molecular flexibility index (Phi) is 2.62. The second-order valence-corrected chi connectivity index (χ2v) is 2.89. The van der Waals surface area contributed by atoms with E-state index in [1.807, 2.05) is 0 Å². The maximum atomic E-state index is 12.6. The Bertz CT molecular complexity index is 301. The summed E-state index contributed by atoms with van der Waals surface area (Å²) in [4.78, 5) is 0. The number of rotatable bonds is 1. The first kappa shape index (κ1) is 9.38. The molecular formula is C7H4BrF3O. The monoisotopic (exact) mass is 240 g/mol. The van der Waals surface area contributed by atoms with Crippen molar-refractivity contribution in [3.63, 3.8) is 0 Å². The van der Waals surface area contributed by atoms with Crippen LogP contribution in [0.1, 0.15) is 12.0 Å². The predicted molar refractivity (Wildman–Crippen MR) is 40.7 cm³/mol. The molecule has 0 amide bonds. The van der Waals surface area contributed by atoms with Crippen molar-refractivity contribution in [2.24, 2.45) is 0 Å². The van der Waals surface area contributed by atoms with Crippen molar-refractivity contribution in [3.8, 4) is 5.75 Å². The van der Waals surface area contributed by atoms with Gasteiger partial charge in [0.25, 0.3) is 6.43 Å². The molecule has 0 aliphatic carbocycles. The molecule has 12 heavy (non-hydrogen) atoms. The normalized spacial score (nSPS) is 10.8. The first-order chi connectivity index (χ1) is 5.54. The van der Waals surface area contributed by atoms with Crippen molar-refractivity contribution in [1.29, 1.82) is 0 Å². The lowest BCUT2D eigenvalue weighted by Gasteiger charge is -2.04. The third kappa shape index (κ3) is 1.55. The van der Waals surface area contributed by atoms with Crippen LogP contribution in [0.3, 0.4) is 0 Å². The number of benzene rings is 1. The Labute approximate surface area is 75.0 Å². The van der Waals surface area contributed by atoms with Gasteiger partial charge in [-0.3, -0.25) is 0 Å². The molecule has 0 saturated heterocycles. The molecule has 66 valence electrons. The third-order valence-electron chi connectivity index (χ3n) is 1.34. The molecule has 0 bridgehead atoms. The molecule has 5 heteroatoms. The van der Waals surface area contributed by atoms with Gasteiger partial charge in [0.2, 0.25) is 0 Å². The van der Waals surface area contributed by atoms with Gasteiger partial charge in [0.15, 0.2) is 0 Å². The average Bonchev–Trinajstić information content (AvgIpc) is 2.00. The van der Waals surface area contributed by atoms with Crippen LogP contribution in [0, 0.1) is 5.82 Å². The molecule has 1 aromatic carbocycles. The van der Waals surface area contributed by atoms with Crippen LogP contribution < -0.4 is 0 Å². The Hall–Kier alpha value is -0.710. The number of aromatic hydroxyl groups is 1. The summed E-state index contributed by atoms with van der Waals surface area (Å²) in [6.45, 7) is 0. The number of phenols is 1. The molecule has 0 spiro atoms. The SMILES string of the molecule is Oc1c(C(F)F)ccc(F)c1Br. The molecule has 0 aliphatic heterocycles. The minimum absolute atomic E-state index is 0.333. The van der Waals surface area contributed by atoms with E-state index >= 15 is 0 Å². The van der Waals surface area contributed by atoms with Crippen molar-refractivity contribution >= 4 is 15.9 Å². The van der Waals surface area contributed by atoms with Crippen LogP contribution in [0.4, 0.5) is 13.2 Å². The van der Waals surface area contributed by atoms with E-state index in [0.717, 1.165) is 12.1 Å². The highest BCUT2D eigenvalue weighted by Crippen LogP contribution is 2.35. The van der Waals surface area contributed by atoms with Gasteiger partial charge in [-0.1, -0.05) is 0 Å². The lowest BCUT2D eigenvalue weighted by Crippen LogP contribution is -1.88. The molecule has 1 N–H and O–H groups in total. The Morgan fingerprint density at radius 2 is 1.92 bits per heavy atom. The van der Waals surface area contributed by atoms with Crippen LogP contribution in [0.15, 0.2) is 16.6 Å². The summed E-state index contributed by atoms with van der Waals surface area (Å²) in [5.41, 5.74) is -0.580. The van der Waals surface area contributed by atoms with Gasteiger partial charge in [-0.05, 0) is 28.1 Å². The summed E-state index contributed by atoms with van der Waals surface area (Å²) in [5.74, 6) is -1.51. The van der Waals surface area contributed by atoms with Crippen LogP contribution in [-0.2, 0) is 0 Å². The standard InChI is InChI=1S/C7H4BrF3O/c8-5-4(9)2-1-3(6(5)12)7(10)11/h1-2,7,12H. The van der Waals surface area contributed by atoms with Crippen LogP contribution in [0.25, 0.3) is 0 Å². The van der Waals surface area contributed by atoms with E-state index < -0.39 is 23.6 Å². The number of alkyl halides is 2. The fourth-order valence-electron chi connectivity index (χ4n) is 0.731. The van der Waals surface area contributed by atoms with Crippen molar-refractivity contribution in [2.75, 3.05) is 0 Å². The Morgan fingerprint density at radius 1 is 1.33 bits per heavy atom. The minimum Gasteiger partial charge on any atom is -0.506 e. The van der Waals surface area contributed by atoms with Crippen LogP contribution in [0.5, 0.6) is 5.75 Å². The molecule has 0 unspecified atom stereocenters. The molecule has 0 fully saturated rings. The molecule has 0 aromatic heterocycles. The zero-order chi connectivity index (χ0) is 9.30. The highest BCUT2D eigenvalue weighted by Gasteiger charge is 2.16. The van der Waals surface area contributed by atoms with Gasteiger partial charge in [0, 0.05) is 0 Å². The molecule has 0 aliphatic rings. The number of hydrogen-bond donors (Lipinski definition) is 1. The van der Waals surface area contributed by atoms with E-state index in [0.29, 0.717) is 0 Å². The quantitative estimate of drug-likeness (QED) is 0.800. The van der Waals surface area contributed by atoms with E-state index in [9.17, 15) is 13.2 Å². The number of halogens is 4. The van der Waals surface area contributed by atoms with Crippen LogP contribution in [0.2, 0.25) is 0 Å². The van der Waals surface area contributed by atoms with Crippen molar-refractivity contribution < 1.29 is 18.3 Å². The van der Waals surface area contributed by atoms with Gasteiger partial charge < -0.3 is 5.11 Å². The fraction of sp³-hybridized carbons (Fsp3) is 0.143. The summed E-state index contributed by atoms with van der Waals surface area (Å²) in [6.07, 6.45) is -2.80. The van der Waals surface area contributed by atoms with Gasteiger partial charge in [-0.25, -0.2) is 13.2 Å². The minimum atomic E-state index is -2.80. The van der Waals surface area contributed by atoms with E-state index in [1.165, 1.54) is 0 Å². The zero-order valence-corrected chi connectivity index (χ0v) is 7.28. The van der Waals surface area contributed by atoms with Gasteiger partial charge >= 0.3 is 0 Å². The summed E-state index contributed by atoms with van der Waals surface area (Å²) < 4.78 is 36.3. The van der Waals surface area contributed by atoms with Crippen LogP contribution >= 0.6 is 15.9 Å². The molecule has 0 atom stereocenters. The van der Waals surface area contributed by atoms with Crippen molar-refractivity contribution in [1.82, 2.24) is 0 Å². The van der Waals surface area contributed by atoms with Gasteiger partial charge in [0.1, 0.15) is 11.6 Å². The second kappa shape index (κ2) is 3.35. The first-order valence-corrected chi connectivity index (χ1v) is 3.78. The smallest absolute Gasteiger partial charge is 0.267 e. The number of hydrogen-bond acceptors (Lipinski definition) is 1. The number of phenolic OH excluding ortho intramolecular Hbond substituents is 1. The maximum absolute atomic E-state index is 12.6. The molecule has 1 nitrogen and oxygen atoms in total.